The molecule has 0 radical (unpaired) electrons. The second-order valence-corrected chi connectivity index (χ2v) is 7.49. The maximum absolute atomic E-state index is 12.8. The number of para-hydroxylation sites is 2. The molecule has 0 bridgehead atoms. The van der Waals surface area contributed by atoms with Crippen LogP contribution in [-0.2, 0) is 4.79 Å². The number of rotatable bonds is 6. The fraction of sp³-hybridized carbons (Fsp3) is 0.391. The Kier molecular flexibility index (Phi) is 6.34. The molecule has 0 saturated carbocycles. The van der Waals surface area contributed by atoms with Crippen LogP contribution in [0.25, 0.3) is 0 Å². The van der Waals surface area contributed by atoms with Gasteiger partial charge in [0.2, 0.25) is 0 Å². The Balaban J connectivity index is 1.72. The van der Waals surface area contributed by atoms with Crippen molar-refractivity contribution in [3.63, 3.8) is 0 Å². The lowest BCUT2D eigenvalue weighted by molar-refractivity contribution is -0.122. The number of amides is 2. The molecule has 1 aliphatic rings. The summed E-state index contributed by atoms with van der Waals surface area (Å²) in [5, 5.41) is 2.87. The summed E-state index contributed by atoms with van der Waals surface area (Å²) in [6.07, 6.45) is 1.37. The molecule has 1 N–H and O–H groups in total. The minimum absolute atomic E-state index is 0.0351. The third-order valence-corrected chi connectivity index (χ3v) is 5.02. The molecule has 0 aromatic heterocycles. The lowest BCUT2D eigenvalue weighted by Gasteiger charge is -2.20. The maximum Gasteiger partial charge on any atom is 0.265 e. The molecule has 2 aromatic carbocycles. The average molecular weight is 380 g/mol. The quantitative estimate of drug-likeness (QED) is 0.805. The van der Waals surface area contributed by atoms with Crippen molar-refractivity contribution in [3.05, 3.63) is 59.7 Å². The predicted molar refractivity (Wildman–Crippen MR) is 111 cm³/mol. The van der Waals surface area contributed by atoms with Gasteiger partial charge in [0.15, 0.2) is 6.10 Å². The van der Waals surface area contributed by atoms with Crippen molar-refractivity contribution in [2.24, 2.45) is 0 Å². The van der Waals surface area contributed by atoms with Crippen LogP contribution in [0.2, 0.25) is 0 Å². The third kappa shape index (κ3) is 4.53. The molecule has 1 aliphatic heterocycles. The van der Waals surface area contributed by atoms with Crippen LogP contribution in [0.4, 0.5) is 5.69 Å². The molecule has 5 heteroatoms. The molecule has 0 spiro atoms. The number of carbonyl (C=O) groups excluding carboxylic acids is 2. The van der Waals surface area contributed by atoms with E-state index in [1.807, 2.05) is 41.3 Å². The van der Waals surface area contributed by atoms with Gasteiger partial charge in [-0.25, -0.2) is 0 Å². The zero-order valence-electron chi connectivity index (χ0n) is 16.8. The molecule has 0 unspecified atom stereocenters. The summed E-state index contributed by atoms with van der Waals surface area (Å²) in [7, 11) is 0. The van der Waals surface area contributed by atoms with E-state index in [1.165, 1.54) is 0 Å². The standard InChI is InChI=1S/C23H28N2O3/c1-16(2)18-10-5-7-13-21(18)28-17(3)22(26)24-20-12-6-4-11-19(20)23(27)25-14-8-9-15-25/h4-7,10-13,16-17H,8-9,14-15H2,1-3H3,(H,24,26)/t17-/m0/s1. The third-order valence-electron chi connectivity index (χ3n) is 5.02. The number of ether oxygens (including phenoxy) is 1. The molecule has 1 saturated heterocycles. The van der Waals surface area contributed by atoms with E-state index in [0.717, 1.165) is 31.5 Å². The summed E-state index contributed by atoms with van der Waals surface area (Å²) in [4.78, 5) is 27.3. The second-order valence-electron chi connectivity index (χ2n) is 7.49. The number of carbonyl (C=O) groups is 2. The van der Waals surface area contributed by atoms with Crippen LogP contribution in [0, 0.1) is 0 Å². The van der Waals surface area contributed by atoms with E-state index >= 15 is 0 Å². The molecule has 1 fully saturated rings. The molecule has 5 nitrogen and oxygen atoms in total. The van der Waals surface area contributed by atoms with Gasteiger partial charge in [-0.1, -0.05) is 44.2 Å². The number of anilines is 1. The lowest BCUT2D eigenvalue weighted by Crippen LogP contribution is -2.32. The molecule has 28 heavy (non-hydrogen) atoms. The van der Waals surface area contributed by atoms with E-state index < -0.39 is 6.10 Å². The number of likely N-dealkylation sites (tertiary alicyclic amines) is 1. The zero-order chi connectivity index (χ0) is 20.1. The van der Waals surface area contributed by atoms with Gasteiger partial charge in [-0.3, -0.25) is 9.59 Å². The van der Waals surface area contributed by atoms with Crippen molar-refractivity contribution in [3.8, 4) is 5.75 Å². The largest absolute Gasteiger partial charge is 0.481 e. The van der Waals surface area contributed by atoms with Crippen molar-refractivity contribution in [1.29, 1.82) is 0 Å². The molecule has 2 aromatic rings. The number of nitrogens with zero attached hydrogens (tertiary/aromatic N) is 1. The Bertz CT molecular complexity index is 841. The number of hydrogen-bond donors (Lipinski definition) is 1. The van der Waals surface area contributed by atoms with Gasteiger partial charge in [-0.05, 0) is 49.4 Å². The summed E-state index contributed by atoms with van der Waals surface area (Å²) >= 11 is 0. The summed E-state index contributed by atoms with van der Waals surface area (Å²) in [6.45, 7) is 7.44. The van der Waals surface area contributed by atoms with Crippen LogP contribution in [0.15, 0.2) is 48.5 Å². The fourth-order valence-electron chi connectivity index (χ4n) is 3.41. The average Bonchev–Trinajstić information content (AvgIpc) is 3.23. The van der Waals surface area contributed by atoms with Gasteiger partial charge in [0.25, 0.3) is 11.8 Å². The van der Waals surface area contributed by atoms with Crippen LogP contribution >= 0.6 is 0 Å². The van der Waals surface area contributed by atoms with Gasteiger partial charge in [-0.15, -0.1) is 0 Å². The van der Waals surface area contributed by atoms with Crippen LogP contribution in [0.1, 0.15) is 55.5 Å². The first-order chi connectivity index (χ1) is 13.5. The van der Waals surface area contributed by atoms with Crippen molar-refractivity contribution in [2.75, 3.05) is 18.4 Å². The Morgan fingerprint density at radius 3 is 2.32 bits per heavy atom. The van der Waals surface area contributed by atoms with E-state index in [1.54, 1.807) is 19.1 Å². The Labute approximate surface area is 166 Å². The fourth-order valence-corrected chi connectivity index (χ4v) is 3.41. The first-order valence-corrected chi connectivity index (χ1v) is 9.92. The molecule has 148 valence electrons. The number of benzene rings is 2. The van der Waals surface area contributed by atoms with Crippen molar-refractivity contribution >= 4 is 17.5 Å². The topological polar surface area (TPSA) is 58.6 Å². The van der Waals surface area contributed by atoms with Crippen LogP contribution in [0.3, 0.4) is 0 Å². The van der Waals surface area contributed by atoms with Crippen LogP contribution < -0.4 is 10.1 Å². The van der Waals surface area contributed by atoms with E-state index in [0.29, 0.717) is 22.9 Å². The van der Waals surface area contributed by atoms with Crippen molar-refractivity contribution < 1.29 is 14.3 Å². The van der Waals surface area contributed by atoms with Gasteiger partial charge in [0.05, 0.1) is 11.3 Å². The summed E-state index contributed by atoms with van der Waals surface area (Å²) in [5.41, 5.74) is 2.11. The molecule has 2 amide bonds. The highest BCUT2D eigenvalue weighted by Gasteiger charge is 2.24. The Morgan fingerprint density at radius 2 is 1.61 bits per heavy atom. The molecule has 0 aliphatic carbocycles. The van der Waals surface area contributed by atoms with Crippen molar-refractivity contribution in [1.82, 2.24) is 4.90 Å². The molecular weight excluding hydrogens is 352 g/mol. The summed E-state index contributed by atoms with van der Waals surface area (Å²) in [5.74, 6) is 0.694. The van der Waals surface area contributed by atoms with Gasteiger partial charge in [-0.2, -0.15) is 0 Å². The minimum Gasteiger partial charge on any atom is -0.481 e. The normalized spacial score (nSPS) is 14.8. The van der Waals surface area contributed by atoms with Gasteiger partial charge < -0.3 is 15.0 Å². The number of nitrogens with one attached hydrogen (secondary N) is 1. The summed E-state index contributed by atoms with van der Waals surface area (Å²) < 4.78 is 5.93. The molecular formula is C23H28N2O3. The highest BCUT2D eigenvalue weighted by molar-refractivity contribution is 6.04. The number of hydrogen-bond acceptors (Lipinski definition) is 3. The lowest BCUT2D eigenvalue weighted by atomic mass is 10.0. The Hall–Kier alpha value is -2.82. The first kappa shape index (κ1) is 19.9. The van der Waals surface area contributed by atoms with E-state index in [4.69, 9.17) is 4.74 Å². The van der Waals surface area contributed by atoms with Gasteiger partial charge in [0.1, 0.15) is 5.75 Å². The molecule has 3 rings (SSSR count). The van der Waals surface area contributed by atoms with E-state index in [9.17, 15) is 9.59 Å². The zero-order valence-corrected chi connectivity index (χ0v) is 16.8. The van der Waals surface area contributed by atoms with Crippen molar-refractivity contribution in [2.45, 2.75) is 45.6 Å². The minimum atomic E-state index is -0.685. The van der Waals surface area contributed by atoms with E-state index in [2.05, 4.69) is 19.2 Å². The van der Waals surface area contributed by atoms with Gasteiger partial charge >= 0.3 is 0 Å². The smallest absolute Gasteiger partial charge is 0.265 e. The van der Waals surface area contributed by atoms with Gasteiger partial charge in [0, 0.05) is 13.1 Å². The highest BCUT2D eigenvalue weighted by atomic mass is 16.5. The maximum atomic E-state index is 12.8. The SMILES string of the molecule is CC(C)c1ccccc1O[C@@H](C)C(=O)Nc1ccccc1C(=O)N1CCCC1. The summed E-state index contributed by atoms with van der Waals surface area (Å²) in [6, 6.07) is 14.9. The molecule has 1 heterocycles. The monoisotopic (exact) mass is 380 g/mol. The molecule has 1 atom stereocenters. The Morgan fingerprint density at radius 1 is 0.964 bits per heavy atom. The second kappa shape index (κ2) is 8.91. The highest BCUT2D eigenvalue weighted by Crippen LogP contribution is 2.27. The van der Waals surface area contributed by atoms with Crippen LogP contribution in [0.5, 0.6) is 5.75 Å². The predicted octanol–water partition coefficient (Wildman–Crippen LogP) is 4.45. The van der Waals surface area contributed by atoms with E-state index in [-0.39, 0.29) is 11.8 Å². The first-order valence-electron chi connectivity index (χ1n) is 9.92. The van der Waals surface area contributed by atoms with Crippen LogP contribution in [-0.4, -0.2) is 35.9 Å².